The van der Waals surface area contributed by atoms with E-state index in [9.17, 15) is 0 Å². The molecule has 1 rings (SSSR count). The highest BCUT2D eigenvalue weighted by Crippen LogP contribution is 2.18. The molecule has 0 fully saturated rings. The minimum Gasteiger partial charge on any atom is -0.309 e. The average Bonchev–Trinajstić information content (AvgIpc) is 3.02. The number of aromatic amines is 1. The van der Waals surface area contributed by atoms with Crippen molar-refractivity contribution in [2.75, 3.05) is 6.54 Å². The lowest BCUT2D eigenvalue weighted by Gasteiger charge is -2.14. The lowest BCUT2D eigenvalue weighted by Crippen LogP contribution is -2.21. The van der Waals surface area contributed by atoms with E-state index < -0.39 is 0 Å². The van der Waals surface area contributed by atoms with E-state index in [1.807, 2.05) is 6.20 Å². The molecule has 1 unspecified atom stereocenters. The van der Waals surface area contributed by atoms with Gasteiger partial charge in [0.15, 0.2) is 0 Å². The predicted molar refractivity (Wildman–Crippen MR) is 89.3 cm³/mol. The summed E-state index contributed by atoms with van der Waals surface area (Å²) in [6.45, 7) is 5.40. The number of H-pyrrole nitrogens is 1. The van der Waals surface area contributed by atoms with E-state index in [0.29, 0.717) is 6.04 Å². The molecule has 21 heavy (non-hydrogen) atoms. The van der Waals surface area contributed by atoms with Gasteiger partial charge in [0.25, 0.3) is 0 Å². The fourth-order valence-corrected chi connectivity index (χ4v) is 2.82. The third-order valence-corrected chi connectivity index (χ3v) is 4.09. The second-order valence-corrected chi connectivity index (χ2v) is 5.98. The van der Waals surface area contributed by atoms with Gasteiger partial charge in [-0.3, -0.25) is 0 Å². The van der Waals surface area contributed by atoms with E-state index in [1.54, 1.807) is 0 Å². The minimum atomic E-state index is 0.364. The lowest BCUT2D eigenvalue weighted by atomic mass is 10.0. The van der Waals surface area contributed by atoms with Crippen LogP contribution in [0.1, 0.15) is 96.2 Å². The molecule has 0 spiro atoms. The monoisotopic (exact) mass is 294 g/mol. The largest absolute Gasteiger partial charge is 0.309 e. The zero-order valence-corrected chi connectivity index (χ0v) is 14.0. The lowest BCUT2D eigenvalue weighted by molar-refractivity contribution is 0.465. The molecule has 0 aliphatic heterocycles. The predicted octanol–water partition coefficient (Wildman–Crippen LogP) is 4.77. The molecule has 1 atom stereocenters. The van der Waals surface area contributed by atoms with Gasteiger partial charge in [0.2, 0.25) is 0 Å². The molecule has 0 aliphatic rings. The smallest absolute Gasteiger partial charge is 0.0993 e. The third-order valence-electron chi connectivity index (χ3n) is 4.09. The number of nitrogens with one attached hydrogen (secondary N) is 2. The molecule has 0 saturated carbocycles. The molecule has 0 saturated heterocycles. The Balaban J connectivity index is 1.97. The highest BCUT2D eigenvalue weighted by Gasteiger charge is 2.12. The summed E-state index contributed by atoms with van der Waals surface area (Å²) in [5.41, 5.74) is 1.05. The summed E-state index contributed by atoms with van der Waals surface area (Å²) >= 11 is 0. The summed E-state index contributed by atoms with van der Waals surface area (Å²) < 4.78 is 0. The number of unbranched alkanes of at least 4 members (excludes halogenated alkanes) is 9. The standard InChI is InChI=1S/C17H34N4/c1-3-5-6-7-8-9-10-11-12-13-14-16(18-4-2)17-15-19-21-20-17/h15-16,18H,3-14H2,1-2H3,(H,19,20,21). The van der Waals surface area contributed by atoms with Gasteiger partial charge in [-0.25, -0.2) is 0 Å². The molecule has 1 heterocycles. The van der Waals surface area contributed by atoms with Gasteiger partial charge >= 0.3 is 0 Å². The van der Waals surface area contributed by atoms with Crippen molar-refractivity contribution >= 4 is 0 Å². The molecule has 0 aliphatic carbocycles. The van der Waals surface area contributed by atoms with Crippen LogP contribution in [0.3, 0.4) is 0 Å². The van der Waals surface area contributed by atoms with Crippen LogP contribution in [0.25, 0.3) is 0 Å². The molecule has 4 heteroatoms. The summed E-state index contributed by atoms with van der Waals surface area (Å²) in [7, 11) is 0. The van der Waals surface area contributed by atoms with Crippen molar-refractivity contribution in [2.45, 2.75) is 90.5 Å². The van der Waals surface area contributed by atoms with Crippen molar-refractivity contribution in [3.63, 3.8) is 0 Å². The molecule has 0 bridgehead atoms. The normalized spacial score (nSPS) is 12.7. The number of hydrogen-bond acceptors (Lipinski definition) is 3. The fourth-order valence-electron chi connectivity index (χ4n) is 2.82. The van der Waals surface area contributed by atoms with Gasteiger partial charge in [-0.05, 0) is 13.0 Å². The molecule has 0 radical (unpaired) electrons. The van der Waals surface area contributed by atoms with Crippen molar-refractivity contribution in [1.29, 1.82) is 0 Å². The van der Waals surface area contributed by atoms with Crippen LogP contribution >= 0.6 is 0 Å². The summed E-state index contributed by atoms with van der Waals surface area (Å²) in [4.78, 5) is 0. The van der Waals surface area contributed by atoms with E-state index in [-0.39, 0.29) is 0 Å². The summed E-state index contributed by atoms with van der Waals surface area (Å²) in [6.07, 6.45) is 16.9. The molecule has 2 N–H and O–H groups in total. The summed E-state index contributed by atoms with van der Waals surface area (Å²) in [5.74, 6) is 0. The van der Waals surface area contributed by atoms with Crippen LogP contribution < -0.4 is 5.32 Å². The van der Waals surface area contributed by atoms with Crippen molar-refractivity contribution in [1.82, 2.24) is 20.7 Å². The molecule has 0 amide bonds. The van der Waals surface area contributed by atoms with Gasteiger partial charge in [0, 0.05) is 0 Å². The van der Waals surface area contributed by atoms with Gasteiger partial charge in [0.05, 0.1) is 17.9 Å². The van der Waals surface area contributed by atoms with Crippen LogP contribution in [0.15, 0.2) is 6.20 Å². The molecule has 122 valence electrons. The number of nitrogens with zero attached hydrogens (tertiary/aromatic N) is 2. The van der Waals surface area contributed by atoms with Crippen LogP contribution in [-0.2, 0) is 0 Å². The first-order valence-electron chi connectivity index (χ1n) is 8.97. The Labute approximate surface area is 130 Å². The van der Waals surface area contributed by atoms with Crippen molar-refractivity contribution < 1.29 is 0 Å². The van der Waals surface area contributed by atoms with Gasteiger partial charge < -0.3 is 5.32 Å². The summed E-state index contributed by atoms with van der Waals surface area (Å²) in [6, 6.07) is 0.364. The quantitative estimate of drug-likeness (QED) is 0.486. The van der Waals surface area contributed by atoms with E-state index >= 15 is 0 Å². The zero-order chi connectivity index (χ0) is 15.2. The third kappa shape index (κ3) is 8.86. The number of rotatable bonds is 14. The Morgan fingerprint density at radius 3 is 2.10 bits per heavy atom. The van der Waals surface area contributed by atoms with Crippen molar-refractivity contribution in [3.05, 3.63) is 11.9 Å². The fraction of sp³-hybridized carbons (Fsp3) is 0.882. The highest BCUT2D eigenvalue weighted by atomic mass is 15.3. The van der Waals surface area contributed by atoms with Gasteiger partial charge in [-0.15, -0.1) is 0 Å². The average molecular weight is 294 g/mol. The first-order chi connectivity index (χ1) is 10.4. The van der Waals surface area contributed by atoms with Crippen LogP contribution in [0.2, 0.25) is 0 Å². The molecule has 1 aromatic heterocycles. The minimum absolute atomic E-state index is 0.364. The Morgan fingerprint density at radius 1 is 0.952 bits per heavy atom. The Hall–Kier alpha value is -0.900. The number of aromatic nitrogens is 3. The van der Waals surface area contributed by atoms with Crippen LogP contribution in [-0.4, -0.2) is 22.0 Å². The van der Waals surface area contributed by atoms with Crippen LogP contribution in [0.4, 0.5) is 0 Å². The highest BCUT2D eigenvalue weighted by molar-refractivity contribution is 4.99. The second kappa shape index (κ2) is 12.8. The van der Waals surface area contributed by atoms with Gasteiger partial charge in [0.1, 0.15) is 0 Å². The van der Waals surface area contributed by atoms with Gasteiger partial charge in [-0.2, -0.15) is 15.4 Å². The second-order valence-electron chi connectivity index (χ2n) is 5.98. The first-order valence-corrected chi connectivity index (χ1v) is 8.97. The van der Waals surface area contributed by atoms with Crippen LogP contribution in [0, 0.1) is 0 Å². The van der Waals surface area contributed by atoms with Crippen molar-refractivity contribution in [2.24, 2.45) is 0 Å². The van der Waals surface area contributed by atoms with E-state index in [0.717, 1.165) is 18.7 Å². The van der Waals surface area contributed by atoms with Crippen molar-refractivity contribution in [3.8, 4) is 0 Å². The summed E-state index contributed by atoms with van der Waals surface area (Å²) in [5, 5.41) is 14.3. The molecule has 4 nitrogen and oxygen atoms in total. The maximum atomic E-state index is 4.20. The molecule has 0 aromatic carbocycles. The van der Waals surface area contributed by atoms with E-state index in [4.69, 9.17) is 0 Å². The maximum absolute atomic E-state index is 4.20. The topological polar surface area (TPSA) is 53.6 Å². The van der Waals surface area contributed by atoms with Crippen LogP contribution in [0.5, 0.6) is 0 Å². The first kappa shape index (κ1) is 18.1. The van der Waals surface area contributed by atoms with E-state index in [1.165, 1.54) is 64.2 Å². The molecular formula is C17H34N4. The Kier molecular flexibility index (Phi) is 11.1. The SMILES string of the molecule is CCCCCCCCCCCCC(NCC)c1cn[nH]n1. The molecule has 1 aromatic rings. The molecular weight excluding hydrogens is 260 g/mol. The maximum Gasteiger partial charge on any atom is 0.0993 e. The Morgan fingerprint density at radius 2 is 1.57 bits per heavy atom. The van der Waals surface area contributed by atoms with E-state index in [2.05, 4.69) is 34.6 Å². The zero-order valence-electron chi connectivity index (χ0n) is 14.0. The Bertz CT molecular complexity index is 311. The number of hydrogen-bond donors (Lipinski definition) is 2. The van der Waals surface area contributed by atoms with Gasteiger partial charge in [-0.1, -0.05) is 78.1 Å².